The van der Waals surface area contributed by atoms with Gasteiger partial charge in [0.1, 0.15) is 0 Å². The average molecular weight is 225 g/mol. The van der Waals surface area contributed by atoms with Gasteiger partial charge >= 0.3 is 0 Å². The number of hydrogen-bond donors (Lipinski definition) is 1. The molecule has 3 heteroatoms. The van der Waals surface area contributed by atoms with Gasteiger partial charge in [-0.15, -0.1) is 0 Å². The van der Waals surface area contributed by atoms with Crippen molar-refractivity contribution in [2.75, 3.05) is 40.3 Å². The normalized spacial score (nSPS) is 32.4. The zero-order valence-electron chi connectivity index (χ0n) is 10.9. The smallest absolute Gasteiger partial charge is 0.0229 e. The van der Waals surface area contributed by atoms with Gasteiger partial charge in [0.2, 0.25) is 0 Å². The van der Waals surface area contributed by atoms with E-state index in [4.69, 9.17) is 0 Å². The molecular formula is C13H27N3. The highest BCUT2D eigenvalue weighted by molar-refractivity contribution is 4.82. The summed E-state index contributed by atoms with van der Waals surface area (Å²) < 4.78 is 0. The van der Waals surface area contributed by atoms with E-state index in [9.17, 15) is 0 Å². The maximum Gasteiger partial charge on any atom is 0.0229 e. The van der Waals surface area contributed by atoms with Gasteiger partial charge in [-0.05, 0) is 59.4 Å². The van der Waals surface area contributed by atoms with E-state index in [1.807, 2.05) is 0 Å². The second-order valence-corrected chi connectivity index (χ2v) is 5.64. The van der Waals surface area contributed by atoms with Gasteiger partial charge in [0.25, 0.3) is 0 Å². The lowest BCUT2D eigenvalue weighted by Crippen LogP contribution is -2.38. The number of likely N-dealkylation sites (tertiary alicyclic amines) is 1. The predicted molar refractivity (Wildman–Crippen MR) is 68.8 cm³/mol. The summed E-state index contributed by atoms with van der Waals surface area (Å²) in [6, 6.07) is 1.59. The first-order chi connectivity index (χ1) is 7.75. The third-order valence-corrected chi connectivity index (χ3v) is 4.18. The first-order valence-corrected chi connectivity index (χ1v) is 6.88. The van der Waals surface area contributed by atoms with Crippen LogP contribution >= 0.6 is 0 Å². The number of nitrogens with zero attached hydrogens (tertiary/aromatic N) is 2. The molecule has 2 saturated heterocycles. The minimum absolute atomic E-state index is 0.791. The fraction of sp³-hybridized carbons (Fsp3) is 1.00. The second-order valence-electron chi connectivity index (χ2n) is 5.64. The van der Waals surface area contributed by atoms with Crippen molar-refractivity contribution in [3.8, 4) is 0 Å². The molecule has 2 rings (SSSR count). The highest BCUT2D eigenvalue weighted by Crippen LogP contribution is 2.16. The van der Waals surface area contributed by atoms with E-state index in [0.29, 0.717) is 0 Å². The fourth-order valence-corrected chi connectivity index (χ4v) is 2.95. The number of likely N-dealkylation sites (N-methyl/N-ethyl adjacent to an activating group) is 1. The van der Waals surface area contributed by atoms with E-state index in [0.717, 1.165) is 12.1 Å². The molecular weight excluding hydrogens is 198 g/mol. The van der Waals surface area contributed by atoms with Crippen molar-refractivity contribution in [1.29, 1.82) is 0 Å². The Bertz CT molecular complexity index is 199. The van der Waals surface area contributed by atoms with Crippen LogP contribution in [0.3, 0.4) is 0 Å². The van der Waals surface area contributed by atoms with E-state index in [-0.39, 0.29) is 0 Å². The van der Waals surface area contributed by atoms with Gasteiger partial charge in [-0.1, -0.05) is 6.42 Å². The molecule has 2 aliphatic heterocycles. The Kier molecular flexibility index (Phi) is 4.62. The lowest BCUT2D eigenvalue weighted by atomic mass is 10.0. The summed E-state index contributed by atoms with van der Waals surface area (Å²) in [4.78, 5) is 5.01. The van der Waals surface area contributed by atoms with Gasteiger partial charge in [-0.3, -0.25) is 0 Å². The average Bonchev–Trinajstić information content (AvgIpc) is 2.76. The van der Waals surface area contributed by atoms with Crippen LogP contribution in [0, 0.1) is 0 Å². The Labute approximate surface area is 100 Å². The van der Waals surface area contributed by atoms with E-state index in [1.54, 1.807) is 0 Å². The first-order valence-electron chi connectivity index (χ1n) is 6.88. The zero-order valence-corrected chi connectivity index (χ0v) is 10.9. The van der Waals surface area contributed by atoms with Crippen LogP contribution < -0.4 is 5.32 Å². The summed E-state index contributed by atoms with van der Waals surface area (Å²) in [7, 11) is 4.41. The van der Waals surface area contributed by atoms with E-state index >= 15 is 0 Å². The Morgan fingerprint density at radius 3 is 2.75 bits per heavy atom. The van der Waals surface area contributed by atoms with Crippen molar-refractivity contribution < 1.29 is 0 Å². The van der Waals surface area contributed by atoms with E-state index in [2.05, 4.69) is 29.2 Å². The SMILES string of the molecule is CN(C)C1CCN(CCC2CCCCN2)C1. The summed E-state index contributed by atoms with van der Waals surface area (Å²) in [5.74, 6) is 0. The maximum absolute atomic E-state index is 3.64. The van der Waals surface area contributed by atoms with Crippen molar-refractivity contribution in [2.24, 2.45) is 0 Å². The summed E-state index contributed by atoms with van der Waals surface area (Å²) in [6.45, 7) is 5.11. The molecule has 0 aromatic carbocycles. The summed E-state index contributed by atoms with van der Waals surface area (Å²) in [6.07, 6.45) is 6.90. The third kappa shape index (κ3) is 3.44. The Morgan fingerprint density at radius 2 is 2.12 bits per heavy atom. The van der Waals surface area contributed by atoms with Crippen molar-refractivity contribution in [1.82, 2.24) is 15.1 Å². The molecule has 0 aromatic rings. The Hall–Kier alpha value is -0.120. The summed E-state index contributed by atoms with van der Waals surface area (Å²) >= 11 is 0. The fourth-order valence-electron chi connectivity index (χ4n) is 2.95. The maximum atomic E-state index is 3.64. The van der Waals surface area contributed by atoms with Gasteiger partial charge < -0.3 is 15.1 Å². The summed E-state index contributed by atoms with van der Waals surface area (Å²) in [5.41, 5.74) is 0. The van der Waals surface area contributed by atoms with Gasteiger partial charge in [0.15, 0.2) is 0 Å². The van der Waals surface area contributed by atoms with Crippen molar-refractivity contribution in [3.63, 3.8) is 0 Å². The minimum Gasteiger partial charge on any atom is -0.314 e. The molecule has 3 nitrogen and oxygen atoms in total. The Morgan fingerprint density at radius 1 is 1.25 bits per heavy atom. The van der Waals surface area contributed by atoms with Crippen LogP contribution in [0.15, 0.2) is 0 Å². The zero-order chi connectivity index (χ0) is 11.4. The van der Waals surface area contributed by atoms with Crippen molar-refractivity contribution >= 4 is 0 Å². The quantitative estimate of drug-likeness (QED) is 0.774. The highest BCUT2D eigenvalue weighted by Gasteiger charge is 2.24. The molecule has 0 aromatic heterocycles. The molecule has 2 heterocycles. The molecule has 16 heavy (non-hydrogen) atoms. The first kappa shape index (κ1) is 12.3. The molecule has 0 spiro atoms. The van der Waals surface area contributed by atoms with E-state index < -0.39 is 0 Å². The molecule has 2 unspecified atom stereocenters. The molecule has 94 valence electrons. The minimum atomic E-state index is 0.791. The number of nitrogens with one attached hydrogen (secondary N) is 1. The lowest BCUT2D eigenvalue weighted by molar-refractivity contribution is 0.253. The van der Waals surface area contributed by atoms with Crippen LogP contribution in [-0.4, -0.2) is 62.2 Å². The van der Waals surface area contributed by atoms with Crippen LogP contribution in [0.25, 0.3) is 0 Å². The topological polar surface area (TPSA) is 18.5 Å². The number of piperidine rings is 1. The molecule has 0 bridgehead atoms. The molecule has 0 radical (unpaired) electrons. The second kappa shape index (κ2) is 5.99. The largest absolute Gasteiger partial charge is 0.314 e. The van der Waals surface area contributed by atoms with Crippen molar-refractivity contribution in [3.05, 3.63) is 0 Å². The standard InChI is InChI=1S/C13H27N3/c1-15(2)13-7-10-16(11-13)9-6-12-5-3-4-8-14-12/h12-14H,3-11H2,1-2H3. The highest BCUT2D eigenvalue weighted by atomic mass is 15.2. The molecule has 0 saturated carbocycles. The third-order valence-electron chi connectivity index (χ3n) is 4.18. The van der Waals surface area contributed by atoms with Crippen LogP contribution in [0.4, 0.5) is 0 Å². The van der Waals surface area contributed by atoms with Crippen LogP contribution in [0.1, 0.15) is 32.1 Å². The van der Waals surface area contributed by atoms with Crippen LogP contribution in [-0.2, 0) is 0 Å². The van der Waals surface area contributed by atoms with Gasteiger partial charge in [-0.2, -0.15) is 0 Å². The van der Waals surface area contributed by atoms with Crippen LogP contribution in [0.2, 0.25) is 0 Å². The number of hydrogen-bond acceptors (Lipinski definition) is 3. The molecule has 0 aliphatic carbocycles. The van der Waals surface area contributed by atoms with E-state index in [1.165, 1.54) is 58.3 Å². The molecule has 1 N–H and O–H groups in total. The summed E-state index contributed by atoms with van der Waals surface area (Å²) in [5, 5.41) is 3.64. The Balaban J connectivity index is 1.63. The van der Waals surface area contributed by atoms with Crippen LogP contribution in [0.5, 0.6) is 0 Å². The predicted octanol–water partition coefficient (Wildman–Crippen LogP) is 1.15. The lowest BCUT2D eigenvalue weighted by Gasteiger charge is -2.26. The van der Waals surface area contributed by atoms with Gasteiger partial charge in [0.05, 0.1) is 0 Å². The molecule has 2 aliphatic rings. The monoisotopic (exact) mass is 225 g/mol. The van der Waals surface area contributed by atoms with Gasteiger partial charge in [-0.25, -0.2) is 0 Å². The van der Waals surface area contributed by atoms with Gasteiger partial charge in [0, 0.05) is 18.6 Å². The molecule has 0 amide bonds. The van der Waals surface area contributed by atoms with Crippen molar-refractivity contribution in [2.45, 2.75) is 44.2 Å². The number of rotatable bonds is 4. The molecule has 2 atom stereocenters. The molecule has 2 fully saturated rings.